The van der Waals surface area contributed by atoms with E-state index < -0.39 is 0 Å². The SMILES string of the molecule is CC(=O)Nc1ccc(CC(=O)Nc2cccc(OC3CCCC3)c2)cc1. The van der Waals surface area contributed by atoms with E-state index in [0.29, 0.717) is 6.10 Å². The maximum atomic E-state index is 12.3. The van der Waals surface area contributed by atoms with Crippen molar-refractivity contribution in [3.8, 4) is 5.75 Å². The molecule has 26 heavy (non-hydrogen) atoms. The Kier molecular flexibility index (Phi) is 5.89. The minimum absolute atomic E-state index is 0.0877. The highest BCUT2D eigenvalue weighted by Gasteiger charge is 2.16. The minimum atomic E-state index is -0.116. The van der Waals surface area contributed by atoms with E-state index in [1.807, 2.05) is 36.4 Å². The lowest BCUT2D eigenvalue weighted by Gasteiger charge is -2.14. The molecular formula is C21H24N2O3. The molecule has 1 aliphatic carbocycles. The molecule has 1 saturated carbocycles. The summed E-state index contributed by atoms with van der Waals surface area (Å²) in [4.78, 5) is 23.3. The van der Waals surface area contributed by atoms with Crippen molar-refractivity contribution >= 4 is 23.2 Å². The molecular weight excluding hydrogens is 328 g/mol. The number of benzene rings is 2. The lowest BCUT2D eigenvalue weighted by atomic mass is 10.1. The third kappa shape index (κ3) is 5.34. The van der Waals surface area contributed by atoms with Crippen molar-refractivity contribution < 1.29 is 14.3 Å². The predicted molar refractivity (Wildman–Crippen MR) is 102 cm³/mol. The molecule has 5 nitrogen and oxygen atoms in total. The number of carbonyl (C=O) groups is 2. The highest BCUT2D eigenvalue weighted by molar-refractivity contribution is 5.92. The second-order valence-corrected chi connectivity index (χ2v) is 6.66. The lowest BCUT2D eigenvalue weighted by Crippen LogP contribution is -2.15. The molecule has 0 unspecified atom stereocenters. The van der Waals surface area contributed by atoms with Gasteiger partial charge >= 0.3 is 0 Å². The standard InChI is InChI=1S/C21H24N2O3/c1-15(24)22-17-11-9-16(10-12-17)13-21(25)23-18-5-4-8-20(14-18)26-19-6-2-3-7-19/h4-5,8-12,14,19H,2-3,6-7,13H2,1H3,(H,22,24)(H,23,25). The van der Waals surface area contributed by atoms with Gasteiger partial charge in [0.25, 0.3) is 0 Å². The largest absolute Gasteiger partial charge is 0.490 e. The van der Waals surface area contributed by atoms with Crippen molar-refractivity contribution in [2.75, 3.05) is 10.6 Å². The summed E-state index contributed by atoms with van der Waals surface area (Å²) in [6.07, 6.45) is 5.22. The molecule has 3 rings (SSSR count). The second kappa shape index (κ2) is 8.52. The summed E-state index contributed by atoms with van der Waals surface area (Å²) in [6, 6.07) is 14.8. The van der Waals surface area contributed by atoms with E-state index in [0.717, 1.165) is 35.5 Å². The van der Waals surface area contributed by atoms with Gasteiger partial charge in [0.15, 0.2) is 0 Å². The molecule has 0 heterocycles. The van der Waals surface area contributed by atoms with Crippen LogP contribution in [0.25, 0.3) is 0 Å². The van der Waals surface area contributed by atoms with Gasteiger partial charge in [-0.3, -0.25) is 9.59 Å². The second-order valence-electron chi connectivity index (χ2n) is 6.66. The molecule has 2 aromatic carbocycles. The average molecular weight is 352 g/mol. The highest BCUT2D eigenvalue weighted by Crippen LogP contribution is 2.25. The Bertz CT molecular complexity index is 765. The van der Waals surface area contributed by atoms with E-state index in [4.69, 9.17) is 4.74 Å². The fourth-order valence-corrected chi connectivity index (χ4v) is 3.15. The van der Waals surface area contributed by atoms with Gasteiger partial charge in [-0.05, 0) is 55.5 Å². The number of hydrogen-bond donors (Lipinski definition) is 2. The summed E-state index contributed by atoms with van der Waals surface area (Å²) < 4.78 is 5.97. The number of rotatable bonds is 6. The Hall–Kier alpha value is -2.82. The molecule has 2 N–H and O–H groups in total. The van der Waals surface area contributed by atoms with Crippen LogP contribution in [0, 0.1) is 0 Å². The topological polar surface area (TPSA) is 67.4 Å². The number of ether oxygens (including phenoxy) is 1. The van der Waals surface area contributed by atoms with Gasteiger partial charge in [-0.2, -0.15) is 0 Å². The molecule has 0 aromatic heterocycles. The Morgan fingerprint density at radius 1 is 1.00 bits per heavy atom. The summed E-state index contributed by atoms with van der Waals surface area (Å²) in [5, 5.41) is 5.62. The molecule has 0 saturated heterocycles. The zero-order valence-electron chi connectivity index (χ0n) is 15.0. The van der Waals surface area contributed by atoms with Gasteiger partial charge in [0, 0.05) is 24.4 Å². The number of amides is 2. The van der Waals surface area contributed by atoms with Crippen molar-refractivity contribution in [1.29, 1.82) is 0 Å². The number of hydrogen-bond acceptors (Lipinski definition) is 3. The highest BCUT2D eigenvalue weighted by atomic mass is 16.5. The smallest absolute Gasteiger partial charge is 0.228 e. The molecule has 1 aliphatic rings. The third-order valence-corrected chi connectivity index (χ3v) is 4.36. The van der Waals surface area contributed by atoms with Gasteiger partial charge in [-0.1, -0.05) is 18.2 Å². The van der Waals surface area contributed by atoms with Crippen LogP contribution in [0.2, 0.25) is 0 Å². The van der Waals surface area contributed by atoms with E-state index in [1.54, 1.807) is 12.1 Å². The van der Waals surface area contributed by atoms with Crippen molar-refractivity contribution in [3.05, 3.63) is 54.1 Å². The number of carbonyl (C=O) groups excluding carboxylic acids is 2. The Morgan fingerprint density at radius 2 is 1.73 bits per heavy atom. The van der Waals surface area contributed by atoms with Crippen LogP contribution < -0.4 is 15.4 Å². The van der Waals surface area contributed by atoms with Crippen molar-refractivity contribution in [1.82, 2.24) is 0 Å². The van der Waals surface area contributed by atoms with Crippen LogP contribution in [0.15, 0.2) is 48.5 Å². The zero-order valence-corrected chi connectivity index (χ0v) is 15.0. The van der Waals surface area contributed by atoms with Crippen LogP contribution in [0.3, 0.4) is 0 Å². The Balaban J connectivity index is 1.55. The van der Waals surface area contributed by atoms with Gasteiger partial charge in [-0.25, -0.2) is 0 Å². The van der Waals surface area contributed by atoms with E-state index in [-0.39, 0.29) is 18.2 Å². The van der Waals surface area contributed by atoms with Crippen LogP contribution in [-0.4, -0.2) is 17.9 Å². The van der Waals surface area contributed by atoms with Crippen molar-refractivity contribution in [2.45, 2.75) is 45.1 Å². The first-order chi connectivity index (χ1) is 12.6. The molecule has 2 aromatic rings. The van der Waals surface area contributed by atoms with Gasteiger partial charge in [0.05, 0.1) is 12.5 Å². The minimum Gasteiger partial charge on any atom is -0.490 e. The van der Waals surface area contributed by atoms with Crippen LogP contribution in [-0.2, 0) is 16.0 Å². The van der Waals surface area contributed by atoms with E-state index in [2.05, 4.69) is 10.6 Å². The molecule has 2 amide bonds. The molecule has 0 atom stereocenters. The van der Waals surface area contributed by atoms with E-state index >= 15 is 0 Å². The summed E-state index contributed by atoms with van der Waals surface area (Å²) in [6.45, 7) is 1.46. The van der Waals surface area contributed by atoms with Gasteiger partial charge < -0.3 is 15.4 Å². The predicted octanol–water partition coefficient (Wildman–Crippen LogP) is 4.15. The van der Waals surface area contributed by atoms with E-state index in [9.17, 15) is 9.59 Å². The zero-order chi connectivity index (χ0) is 18.4. The van der Waals surface area contributed by atoms with Gasteiger partial charge in [-0.15, -0.1) is 0 Å². The van der Waals surface area contributed by atoms with Crippen molar-refractivity contribution in [3.63, 3.8) is 0 Å². The summed E-state index contributed by atoms with van der Waals surface area (Å²) in [7, 11) is 0. The molecule has 5 heteroatoms. The first-order valence-corrected chi connectivity index (χ1v) is 9.01. The maximum absolute atomic E-state index is 12.3. The summed E-state index contributed by atoms with van der Waals surface area (Å²) in [5.74, 6) is 0.597. The monoisotopic (exact) mass is 352 g/mol. The van der Waals surface area contributed by atoms with Gasteiger partial charge in [0.1, 0.15) is 5.75 Å². The van der Waals surface area contributed by atoms with Crippen LogP contribution in [0.1, 0.15) is 38.2 Å². The summed E-state index contributed by atoms with van der Waals surface area (Å²) in [5.41, 5.74) is 2.34. The normalized spacial score (nSPS) is 14.0. The average Bonchev–Trinajstić information content (AvgIpc) is 3.09. The number of nitrogens with one attached hydrogen (secondary N) is 2. The van der Waals surface area contributed by atoms with Crippen LogP contribution in [0.5, 0.6) is 5.75 Å². The first-order valence-electron chi connectivity index (χ1n) is 9.01. The van der Waals surface area contributed by atoms with Crippen LogP contribution in [0.4, 0.5) is 11.4 Å². The molecule has 0 radical (unpaired) electrons. The van der Waals surface area contributed by atoms with E-state index in [1.165, 1.54) is 19.8 Å². The van der Waals surface area contributed by atoms with Gasteiger partial charge in [0.2, 0.25) is 11.8 Å². The Morgan fingerprint density at radius 3 is 2.42 bits per heavy atom. The molecule has 0 spiro atoms. The third-order valence-electron chi connectivity index (χ3n) is 4.36. The first kappa shape index (κ1) is 18.0. The molecule has 0 bridgehead atoms. The fourth-order valence-electron chi connectivity index (χ4n) is 3.15. The molecule has 1 fully saturated rings. The number of anilines is 2. The quantitative estimate of drug-likeness (QED) is 0.821. The molecule has 136 valence electrons. The lowest BCUT2D eigenvalue weighted by molar-refractivity contribution is -0.116. The molecule has 0 aliphatic heterocycles. The fraction of sp³-hybridized carbons (Fsp3) is 0.333. The summed E-state index contributed by atoms with van der Waals surface area (Å²) >= 11 is 0. The van der Waals surface area contributed by atoms with Crippen molar-refractivity contribution in [2.24, 2.45) is 0 Å². The Labute approximate surface area is 153 Å². The van der Waals surface area contributed by atoms with Crippen LogP contribution >= 0.6 is 0 Å². The maximum Gasteiger partial charge on any atom is 0.228 e.